The third-order valence-corrected chi connectivity index (χ3v) is 3.68. The molecule has 1 aromatic rings. The Morgan fingerprint density at radius 3 is 2.71 bits per heavy atom. The van der Waals surface area contributed by atoms with Gasteiger partial charge in [0.25, 0.3) is 0 Å². The van der Waals surface area contributed by atoms with Gasteiger partial charge in [-0.1, -0.05) is 24.1 Å². The zero-order valence-electron chi connectivity index (χ0n) is 10.5. The molecule has 0 heterocycles. The topological polar surface area (TPSA) is 35.2 Å². The maximum Gasteiger partial charge on any atom is 0.142 e. The molecular weight excluding hydrogens is 234 g/mol. The summed E-state index contributed by atoms with van der Waals surface area (Å²) in [5.41, 5.74) is 8.10. The van der Waals surface area contributed by atoms with E-state index in [-0.39, 0.29) is 6.04 Å². The fourth-order valence-corrected chi connectivity index (χ4v) is 2.44. The van der Waals surface area contributed by atoms with Crippen molar-refractivity contribution in [2.24, 2.45) is 11.7 Å². The van der Waals surface area contributed by atoms with Gasteiger partial charge in [-0.25, -0.2) is 0 Å². The van der Waals surface area contributed by atoms with E-state index in [4.69, 9.17) is 22.1 Å². The number of ether oxygens (including phenoxy) is 1. The number of hydrogen-bond donors (Lipinski definition) is 1. The third kappa shape index (κ3) is 2.93. The molecule has 3 heteroatoms. The van der Waals surface area contributed by atoms with E-state index in [2.05, 4.69) is 6.07 Å². The van der Waals surface area contributed by atoms with Crippen LogP contribution in [0.5, 0.6) is 5.75 Å². The SMILES string of the molecule is Cc1cc(Cl)c(OCC2CCC2)c(C(C)N)c1. The molecule has 2 nitrogen and oxygen atoms in total. The van der Waals surface area contributed by atoms with Crippen molar-refractivity contribution in [2.45, 2.75) is 39.2 Å². The van der Waals surface area contributed by atoms with Crippen molar-refractivity contribution in [3.8, 4) is 5.75 Å². The minimum atomic E-state index is -0.0520. The van der Waals surface area contributed by atoms with Gasteiger partial charge in [0.2, 0.25) is 0 Å². The van der Waals surface area contributed by atoms with Crippen LogP contribution in [0.4, 0.5) is 0 Å². The summed E-state index contributed by atoms with van der Waals surface area (Å²) in [4.78, 5) is 0. The molecule has 94 valence electrons. The lowest BCUT2D eigenvalue weighted by Gasteiger charge is -2.26. The van der Waals surface area contributed by atoms with Gasteiger partial charge in [0, 0.05) is 11.6 Å². The monoisotopic (exact) mass is 253 g/mol. The number of rotatable bonds is 4. The highest BCUT2D eigenvalue weighted by atomic mass is 35.5. The molecule has 1 saturated carbocycles. The standard InChI is InChI=1S/C14H20ClNO/c1-9-6-12(10(2)16)14(13(15)7-9)17-8-11-4-3-5-11/h6-7,10-11H,3-5,8,16H2,1-2H3. The van der Waals surface area contributed by atoms with E-state index in [0.29, 0.717) is 10.9 Å². The van der Waals surface area contributed by atoms with Crippen molar-refractivity contribution < 1.29 is 4.74 Å². The van der Waals surface area contributed by atoms with Gasteiger partial charge in [-0.2, -0.15) is 0 Å². The molecular formula is C14H20ClNO. The normalized spacial score (nSPS) is 17.6. The Labute approximate surface area is 108 Å². The zero-order chi connectivity index (χ0) is 12.4. The molecule has 1 aromatic carbocycles. The van der Waals surface area contributed by atoms with Gasteiger partial charge < -0.3 is 10.5 Å². The number of aryl methyl sites for hydroxylation is 1. The molecule has 0 spiro atoms. The van der Waals surface area contributed by atoms with Crippen LogP contribution in [0, 0.1) is 12.8 Å². The van der Waals surface area contributed by atoms with Crippen LogP contribution < -0.4 is 10.5 Å². The van der Waals surface area contributed by atoms with Crippen molar-refractivity contribution in [2.75, 3.05) is 6.61 Å². The molecule has 1 atom stereocenters. The molecule has 0 aliphatic heterocycles. The first-order valence-electron chi connectivity index (χ1n) is 6.26. The molecule has 0 saturated heterocycles. The number of benzene rings is 1. The van der Waals surface area contributed by atoms with Crippen LogP contribution in [-0.2, 0) is 0 Å². The highest BCUT2D eigenvalue weighted by Gasteiger charge is 2.20. The number of hydrogen-bond acceptors (Lipinski definition) is 2. The highest BCUT2D eigenvalue weighted by molar-refractivity contribution is 6.32. The number of nitrogens with two attached hydrogens (primary N) is 1. The van der Waals surface area contributed by atoms with Gasteiger partial charge in [0.05, 0.1) is 11.6 Å². The summed E-state index contributed by atoms with van der Waals surface area (Å²) < 4.78 is 5.88. The fourth-order valence-electron chi connectivity index (χ4n) is 2.11. The average Bonchev–Trinajstić information content (AvgIpc) is 2.17. The summed E-state index contributed by atoms with van der Waals surface area (Å²) in [6.45, 7) is 4.75. The van der Waals surface area contributed by atoms with E-state index in [1.807, 2.05) is 19.9 Å². The third-order valence-electron chi connectivity index (χ3n) is 3.40. The maximum absolute atomic E-state index is 6.24. The minimum Gasteiger partial charge on any atom is -0.491 e. The van der Waals surface area contributed by atoms with Crippen molar-refractivity contribution in [3.63, 3.8) is 0 Å². The quantitative estimate of drug-likeness (QED) is 0.885. The van der Waals surface area contributed by atoms with Gasteiger partial charge >= 0.3 is 0 Å². The van der Waals surface area contributed by atoms with Gasteiger partial charge in [0.1, 0.15) is 5.75 Å². The lowest BCUT2D eigenvalue weighted by molar-refractivity contribution is 0.179. The molecule has 0 radical (unpaired) electrons. The lowest BCUT2D eigenvalue weighted by atomic mass is 9.86. The van der Waals surface area contributed by atoms with E-state index < -0.39 is 0 Å². The first-order chi connectivity index (χ1) is 8.08. The lowest BCUT2D eigenvalue weighted by Crippen LogP contribution is -2.20. The number of halogens is 1. The molecule has 17 heavy (non-hydrogen) atoms. The Hall–Kier alpha value is -0.730. The van der Waals surface area contributed by atoms with E-state index in [1.165, 1.54) is 19.3 Å². The van der Waals surface area contributed by atoms with Crippen LogP contribution in [-0.4, -0.2) is 6.61 Å². The zero-order valence-corrected chi connectivity index (χ0v) is 11.3. The smallest absolute Gasteiger partial charge is 0.142 e. The van der Waals surface area contributed by atoms with Crippen molar-refractivity contribution in [3.05, 3.63) is 28.3 Å². The summed E-state index contributed by atoms with van der Waals surface area (Å²) in [7, 11) is 0. The largest absolute Gasteiger partial charge is 0.491 e. The average molecular weight is 254 g/mol. The second-order valence-corrected chi connectivity index (χ2v) is 5.47. The minimum absolute atomic E-state index is 0.0520. The van der Waals surface area contributed by atoms with E-state index in [1.54, 1.807) is 0 Å². The summed E-state index contributed by atoms with van der Waals surface area (Å²) >= 11 is 6.24. The van der Waals surface area contributed by atoms with E-state index in [9.17, 15) is 0 Å². The van der Waals surface area contributed by atoms with Crippen molar-refractivity contribution in [1.29, 1.82) is 0 Å². The summed E-state index contributed by atoms with van der Waals surface area (Å²) in [5, 5.41) is 0.677. The summed E-state index contributed by atoms with van der Waals surface area (Å²) in [6.07, 6.45) is 3.88. The second-order valence-electron chi connectivity index (χ2n) is 5.06. The van der Waals surface area contributed by atoms with Crippen molar-refractivity contribution in [1.82, 2.24) is 0 Å². The van der Waals surface area contributed by atoms with Crippen molar-refractivity contribution >= 4 is 11.6 Å². The molecule has 2 rings (SSSR count). The molecule has 0 aromatic heterocycles. The molecule has 1 aliphatic carbocycles. The Bertz CT molecular complexity index is 399. The van der Waals surface area contributed by atoms with Crippen LogP contribution in [0.3, 0.4) is 0 Å². The van der Waals surface area contributed by atoms with Gasteiger partial charge in [-0.3, -0.25) is 0 Å². The predicted octanol–water partition coefficient (Wildman–Crippen LogP) is 3.85. The first kappa shape index (κ1) is 12.7. The van der Waals surface area contributed by atoms with E-state index in [0.717, 1.165) is 23.5 Å². The Morgan fingerprint density at radius 2 is 2.18 bits per heavy atom. The molecule has 2 N–H and O–H groups in total. The van der Waals surface area contributed by atoms with Crippen LogP contribution in [0.2, 0.25) is 5.02 Å². The Balaban J connectivity index is 2.17. The highest BCUT2D eigenvalue weighted by Crippen LogP contribution is 2.35. The van der Waals surface area contributed by atoms with Crippen LogP contribution >= 0.6 is 11.6 Å². The second kappa shape index (κ2) is 5.28. The van der Waals surface area contributed by atoms with Gasteiger partial charge in [0.15, 0.2) is 0 Å². The fraction of sp³-hybridized carbons (Fsp3) is 0.571. The summed E-state index contributed by atoms with van der Waals surface area (Å²) in [6, 6.07) is 3.94. The van der Waals surface area contributed by atoms with Gasteiger partial charge in [-0.15, -0.1) is 0 Å². The first-order valence-corrected chi connectivity index (χ1v) is 6.64. The summed E-state index contributed by atoms with van der Waals surface area (Å²) in [5.74, 6) is 1.48. The molecule has 0 bridgehead atoms. The van der Waals surface area contributed by atoms with E-state index >= 15 is 0 Å². The molecule has 1 fully saturated rings. The Kier molecular flexibility index (Phi) is 3.95. The Morgan fingerprint density at radius 1 is 1.47 bits per heavy atom. The van der Waals surface area contributed by atoms with Gasteiger partial charge in [-0.05, 0) is 44.2 Å². The maximum atomic E-state index is 6.24. The molecule has 0 amide bonds. The molecule has 1 aliphatic rings. The van der Waals surface area contributed by atoms with Crippen LogP contribution in [0.1, 0.15) is 43.4 Å². The van der Waals surface area contributed by atoms with Crippen LogP contribution in [0.15, 0.2) is 12.1 Å². The van der Waals surface area contributed by atoms with Crippen LogP contribution in [0.25, 0.3) is 0 Å². The predicted molar refractivity (Wildman–Crippen MR) is 71.6 cm³/mol. The molecule has 1 unspecified atom stereocenters.